The van der Waals surface area contributed by atoms with E-state index in [1.807, 2.05) is 13.8 Å². The highest BCUT2D eigenvalue weighted by Gasteiger charge is 2.14. The number of hydrogen-bond acceptors (Lipinski definition) is 3. The molecule has 0 heterocycles. The van der Waals surface area contributed by atoms with E-state index in [-0.39, 0.29) is 17.4 Å². The predicted octanol–water partition coefficient (Wildman–Crippen LogP) is 2.82. The maximum atomic E-state index is 11.7. The van der Waals surface area contributed by atoms with Crippen molar-refractivity contribution in [2.24, 2.45) is 5.92 Å². The van der Waals surface area contributed by atoms with Crippen molar-refractivity contribution in [3.05, 3.63) is 39.9 Å². The molecule has 15 heavy (non-hydrogen) atoms. The van der Waals surface area contributed by atoms with Gasteiger partial charge in [-0.05, 0) is 18.6 Å². The van der Waals surface area contributed by atoms with Gasteiger partial charge in [0.25, 0.3) is 5.69 Å². The van der Waals surface area contributed by atoms with E-state index in [1.54, 1.807) is 0 Å². The average Bonchev–Trinajstić information content (AvgIpc) is 2.27. The molecule has 0 aliphatic rings. The number of benzene rings is 1. The highest BCUT2D eigenvalue weighted by Crippen LogP contribution is 2.16. The molecule has 1 aromatic carbocycles. The van der Waals surface area contributed by atoms with Gasteiger partial charge in [-0.1, -0.05) is 13.8 Å². The molecule has 80 valence electrons. The van der Waals surface area contributed by atoms with E-state index in [0.717, 1.165) is 6.42 Å². The molecule has 4 heteroatoms. The molecule has 0 aliphatic carbocycles. The molecule has 0 N–H and O–H groups in total. The number of hydrogen-bond donors (Lipinski definition) is 0. The Morgan fingerprint density at radius 2 is 1.93 bits per heavy atom. The van der Waals surface area contributed by atoms with Gasteiger partial charge in [0.2, 0.25) is 0 Å². The van der Waals surface area contributed by atoms with Crippen LogP contribution in [0.25, 0.3) is 0 Å². The molecule has 0 amide bonds. The summed E-state index contributed by atoms with van der Waals surface area (Å²) in [7, 11) is 0. The van der Waals surface area contributed by atoms with Gasteiger partial charge in [-0.15, -0.1) is 0 Å². The third-order valence-corrected chi connectivity index (χ3v) is 2.42. The number of nitro groups is 1. The number of carbonyl (C=O) groups excluding carboxylic acids is 1. The summed E-state index contributed by atoms with van der Waals surface area (Å²) < 4.78 is 0. The van der Waals surface area contributed by atoms with Crippen molar-refractivity contribution in [2.45, 2.75) is 20.3 Å². The zero-order chi connectivity index (χ0) is 11.4. The highest BCUT2D eigenvalue weighted by molar-refractivity contribution is 5.97. The molecule has 0 fully saturated rings. The number of Topliss-reactive ketones (excluding diaryl/α,β-unsaturated/α-hetero) is 1. The fourth-order valence-electron chi connectivity index (χ4n) is 1.22. The number of carbonyl (C=O) groups is 1. The van der Waals surface area contributed by atoms with Gasteiger partial charge in [-0.3, -0.25) is 14.9 Å². The van der Waals surface area contributed by atoms with Crippen LogP contribution in [-0.4, -0.2) is 10.7 Å². The third-order valence-electron chi connectivity index (χ3n) is 2.42. The van der Waals surface area contributed by atoms with Gasteiger partial charge in [-0.25, -0.2) is 0 Å². The van der Waals surface area contributed by atoms with E-state index in [0.29, 0.717) is 5.56 Å². The lowest BCUT2D eigenvalue weighted by atomic mass is 9.97. The average molecular weight is 207 g/mol. The number of nitro benzene ring substituents is 1. The van der Waals surface area contributed by atoms with Crippen LogP contribution in [0.3, 0.4) is 0 Å². The Bertz CT molecular complexity index is 370. The third kappa shape index (κ3) is 2.62. The highest BCUT2D eigenvalue weighted by atomic mass is 16.6. The standard InChI is InChI=1S/C11H13NO3/c1-3-8(2)11(13)9-4-6-10(7-5-9)12(14)15/h4-8H,3H2,1-2H3. The van der Waals surface area contributed by atoms with Gasteiger partial charge in [-0.2, -0.15) is 0 Å². The van der Waals surface area contributed by atoms with Crippen LogP contribution >= 0.6 is 0 Å². The number of non-ortho nitro benzene ring substituents is 1. The minimum Gasteiger partial charge on any atom is -0.294 e. The molecular formula is C11H13NO3. The summed E-state index contributed by atoms with van der Waals surface area (Å²) in [6.07, 6.45) is 0.774. The van der Waals surface area contributed by atoms with Crippen molar-refractivity contribution in [3.63, 3.8) is 0 Å². The first-order chi connectivity index (χ1) is 7.06. The molecule has 4 nitrogen and oxygen atoms in total. The topological polar surface area (TPSA) is 60.2 Å². The Balaban J connectivity index is 2.89. The van der Waals surface area contributed by atoms with Crippen molar-refractivity contribution in [3.8, 4) is 0 Å². The van der Waals surface area contributed by atoms with Crippen molar-refractivity contribution < 1.29 is 9.72 Å². The minimum atomic E-state index is -0.475. The lowest BCUT2D eigenvalue weighted by Gasteiger charge is -2.06. The largest absolute Gasteiger partial charge is 0.294 e. The molecule has 1 atom stereocenters. The number of nitrogens with zero attached hydrogens (tertiary/aromatic N) is 1. The van der Waals surface area contributed by atoms with Crippen LogP contribution in [0.5, 0.6) is 0 Å². The van der Waals surface area contributed by atoms with Crippen LogP contribution in [0, 0.1) is 16.0 Å². The molecule has 1 aromatic rings. The lowest BCUT2D eigenvalue weighted by molar-refractivity contribution is -0.384. The van der Waals surface area contributed by atoms with Gasteiger partial charge in [0.05, 0.1) is 4.92 Å². The molecule has 0 spiro atoms. The molecule has 0 saturated carbocycles. The second kappa shape index (κ2) is 4.68. The fourth-order valence-corrected chi connectivity index (χ4v) is 1.22. The summed E-state index contributed by atoms with van der Waals surface area (Å²) in [6, 6.07) is 5.73. The summed E-state index contributed by atoms with van der Waals surface area (Å²) in [6.45, 7) is 3.79. The van der Waals surface area contributed by atoms with Crippen LogP contribution in [0.2, 0.25) is 0 Å². The van der Waals surface area contributed by atoms with Gasteiger partial charge in [0.15, 0.2) is 5.78 Å². The molecule has 1 unspecified atom stereocenters. The van der Waals surface area contributed by atoms with Crippen molar-refractivity contribution in [2.75, 3.05) is 0 Å². The van der Waals surface area contributed by atoms with Gasteiger partial charge in [0.1, 0.15) is 0 Å². The Hall–Kier alpha value is -1.71. The maximum Gasteiger partial charge on any atom is 0.269 e. The SMILES string of the molecule is CCC(C)C(=O)c1ccc([N+](=O)[O-])cc1. The maximum absolute atomic E-state index is 11.7. The first-order valence-electron chi connectivity index (χ1n) is 4.85. The van der Waals surface area contributed by atoms with E-state index in [2.05, 4.69) is 0 Å². The Labute approximate surface area is 88.1 Å². The summed E-state index contributed by atoms with van der Waals surface area (Å²) in [5, 5.41) is 10.4. The molecule has 0 bridgehead atoms. The number of ketones is 1. The smallest absolute Gasteiger partial charge is 0.269 e. The first kappa shape index (κ1) is 11.4. The van der Waals surface area contributed by atoms with Crippen molar-refractivity contribution in [1.29, 1.82) is 0 Å². The van der Waals surface area contributed by atoms with E-state index < -0.39 is 4.92 Å². The van der Waals surface area contributed by atoms with Crippen LogP contribution in [0.1, 0.15) is 30.6 Å². The molecule has 0 radical (unpaired) electrons. The van der Waals surface area contributed by atoms with Gasteiger partial charge < -0.3 is 0 Å². The first-order valence-corrected chi connectivity index (χ1v) is 4.85. The summed E-state index contributed by atoms with van der Waals surface area (Å²) in [5.41, 5.74) is 0.547. The van der Waals surface area contributed by atoms with Crippen molar-refractivity contribution in [1.82, 2.24) is 0 Å². The normalized spacial score (nSPS) is 12.1. The lowest BCUT2D eigenvalue weighted by Crippen LogP contribution is -2.09. The summed E-state index contributed by atoms with van der Waals surface area (Å²) in [4.78, 5) is 21.6. The quantitative estimate of drug-likeness (QED) is 0.433. The Kier molecular flexibility index (Phi) is 3.55. The van der Waals surface area contributed by atoms with E-state index in [1.165, 1.54) is 24.3 Å². The monoisotopic (exact) mass is 207 g/mol. The van der Waals surface area contributed by atoms with Crippen molar-refractivity contribution >= 4 is 11.5 Å². The van der Waals surface area contributed by atoms with Gasteiger partial charge in [0, 0.05) is 23.6 Å². The van der Waals surface area contributed by atoms with E-state index in [4.69, 9.17) is 0 Å². The molecule has 0 aromatic heterocycles. The Morgan fingerprint density at radius 3 is 2.33 bits per heavy atom. The molecule has 0 saturated heterocycles. The Morgan fingerprint density at radius 1 is 1.40 bits per heavy atom. The second-order valence-corrected chi connectivity index (χ2v) is 3.48. The minimum absolute atomic E-state index is 0.00991. The van der Waals surface area contributed by atoms with Crippen LogP contribution in [0.15, 0.2) is 24.3 Å². The zero-order valence-electron chi connectivity index (χ0n) is 8.77. The summed E-state index contributed by atoms with van der Waals surface area (Å²) in [5.74, 6) is -0.00106. The van der Waals surface area contributed by atoms with Crippen LogP contribution < -0.4 is 0 Å². The van der Waals surface area contributed by atoms with E-state index >= 15 is 0 Å². The predicted molar refractivity (Wildman–Crippen MR) is 56.9 cm³/mol. The van der Waals surface area contributed by atoms with Crippen LogP contribution in [-0.2, 0) is 0 Å². The zero-order valence-corrected chi connectivity index (χ0v) is 8.77. The van der Waals surface area contributed by atoms with Gasteiger partial charge >= 0.3 is 0 Å². The molecule has 0 aliphatic heterocycles. The number of rotatable bonds is 4. The van der Waals surface area contributed by atoms with Crippen LogP contribution in [0.4, 0.5) is 5.69 Å². The second-order valence-electron chi connectivity index (χ2n) is 3.48. The fraction of sp³-hybridized carbons (Fsp3) is 0.364. The summed E-state index contributed by atoms with van der Waals surface area (Å²) >= 11 is 0. The van der Waals surface area contributed by atoms with E-state index in [9.17, 15) is 14.9 Å². The molecule has 1 rings (SSSR count). The molecular weight excluding hydrogens is 194 g/mol.